The molecular formula is C22H38IN3O3S. The van der Waals surface area contributed by atoms with Crippen LogP contribution in [0, 0.1) is 0 Å². The Hall–Kier alpha value is -1.03. The molecule has 1 fully saturated rings. The lowest BCUT2D eigenvalue weighted by molar-refractivity contribution is 0.300. The minimum absolute atomic E-state index is 0. The Morgan fingerprint density at radius 1 is 1.20 bits per heavy atom. The molecule has 6 nitrogen and oxygen atoms in total. The largest absolute Gasteiger partial charge is 0.497 e. The van der Waals surface area contributed by atoms with Gasteiger partial charge in [0, 0.05) is 24.3 Å². The molecule has 0 amide bonds. The molecule has 1 saturated carbocycles. The van der Waals surface area contributed by atoms with Gasteiger partial charge in [-0.3, -0.25) is 4.99 Å². The Bertz CT molecular complexity index is 760. The molecule has 1 atom stereocenters. The number of benzene rings is 1. The fraction of sp³-hybridized carbons (Fsp3) is 0.682. The number of methoxy groups -OCH3 is 1. The molecule has 0 aliphatic heterocycles. The van der Waals surface area contributed by atoms with Crippen LogP contribution < -0.4 is 15.4 Å². The van der Waals surface area contributed by atoms with E-state index >= 15 is 0 Å². The third-order valence-corrected chi connectivity index (χ3v) is 6.68. The number of aliphatic imine (C=N–C) groups is 1. The Morgan fingerprint density at radius 2 is 1.83 bits per heavy atom. The first kappa shape index (κ1) is 27.0. The number of guanidine groups is 1. The summed E-state index contributed by atoms with van der Waals surface area (Å²) >= 11 is 0. The Kier molecular flexibility index (Phi) is 11.5. The molecule has 1 aliphatic rings. The molecule has 0 saturated heterocycles. The summed E-state index contributed by atoms with van der Waals surface area (Å²) < 4.78 is 28.2. The summed E-state index contributed by atoms with van der Waals surface area (Å²) in [5.74, 6) is 1.81. The van der Waals surface area contributed by atoms with Crippen molar-refractivity contribution in [2.45, 2.75) is 63.8 Å². The van der Waals surface area contributed by atoms with Gasteiger partial charge in [-0.1, -0.05) is 31.4 Å². The van der Waals surface area contributed by atoms with Gasteiger partial charge in [0.05, 0.1) is 19.4 Å². The topological polar surface area (TPSA) is 79.8 Å². The van der Waals surface area contributed by atoms with E-state index in [2.05, 4.69) is 22.8 Å². The second kappa shape index (κ2) is 12.7. The quantitative estimate of drug-likeness (QED) is 0.277. The number of sulfone groups is 1. The van der Waals surface area contributed by atoms with Gasteiger partial charge in [-0.2, -0.15) is 0 Å². The van der Waals surface area contributed by atoms with Crippen molar-refractivity contribution in [1.29, 1.82) is 0 Å². The fourth-order valence-corrected chi connectivity index (χ4v) is 4.74. The van der Waals surface area contributed by atoms with E-state index in [4.69, 9.17) is 9.73 Å². The normalized spacial score (nSPS) is 17.5. The summed E-state index contributed by atoms with van der Waals surface area (Å²) in [5.41, 5.74) is 1.37. The van der Waals surface area contributed by atoms with Gasteiger partial charge in [-0.15, -0.1) is 24.0 Å². The third-order valence-electron chi connectivity index (χ3n) is 5.70. The average Bonchev–Trinajstić information content (AvgIpc) is 2.71. The Labute approximate surface area is 199 Å². The second-order valence-corrected chi connectivity index (χ2v) is 10.5. The standard InChI is InChI=1S/C22H37N3O3S.HI/c1-5-23-21(25-18(2)13-16-29(4,26)27)24-17-22(14-7-6-8-15-22)19-9-11-20(28-3)12-10-19;/h9-12,18H,5-8,13-17H2,1-4H3,(H2,23,24,25);1H. The van der Waals surface area contributed by atoms with Crippen LogP contribution in [0.1, 0.15) is 57.9 Å². The molecule has 2 N–H and O–H groups in total. The highest BCUT2D eigenvalue weighted by Gasteiger charge is 2.34. The number of nitrogens with zero attached hydrogens (tertiary/aromatic N) is 1. The number of hydrogen-bond acceptors (Lipinski definition) is 4. The van der Waals surface area contributed by atoms with E-state index in [1.165, 1.54) is 31.1 Å². The zero-order valence-corrected chi connectivity index (χ0v) is 21.9. The van der Waals surface area contributed by atoms with E-state index in [0.29, 0.717) is 13.0 Å². The average molecular weight is 552 g/mol. The van der Waals surface area contributed by atoms with Crippen molar-refractivity contribution in [2.75, 3.05) is 32.2 Å². The molecule has 0 radical (unpaired) electrons. The van der Waals surface area contributed by atoms with Crippen molar-refractivity contribution in [3.63, 3.8) is 0 Å². The number of ether oxygens (including phenoxy) is 1. The summed E-state index contributed by atoms with van der Waals surface area (Å²) in [6.45, 7) is 5.52. The third kappa shape index (κ3) is 8.61. The van der Waals surface area contributed by atoms with Gasteiger partial charge in [0.25, 0.3) is 0 Å². The predicted molar refractivity (Wildman–Crippen MR) is 136 cm³/mol. The van der Waals surface area contributed by atoms with Gasteiger partial charge < -0.3 is 15.4 Å². The van der Waals surface area contributed by atoms with E-state index in [1.807, 2.05) is 26.0 Å². The predicted octanol–water partition coefficient (Wildman–Crippen LogP) is 3.89. The van der Waals surface area contributed by atoms with Gasteiger partial charge in [-0.25, -0.2) is 8.42 Å². The highest BCUT2D eigenvalue weighted by Crippen LogP contribution is 2.40. The smallest absolute Gasteiger partial charge is 0.191 e. The first-order valence-corrected chi connectivity index (χ1v) is 12.7. The van der Waals surface area contributed by atoms with Crippen molar-refractivity contribution in [3.05, 3.63) is 29.8 Å². The molecule has 0 spiro atoms. The van der Waals surface area contributed by atoms with Crippen LogP contribution in [0.3, 0.4) is 0 Å². The molecule has 1 aromatic carbocycles. The summed E-state index contributed by atoms with van der Waals surface area (Å²) in [6.07, 6.45) is 7.82. The van der Waals surface area contributed by atoms with E-state index in [-0.39, 0.29) is 41.2 Å². The van der Waals surface area contributed by atoms with Crippen molar-refractivity contribution < 1.29 is 13.2 Å². The summed E-state index contributed by atoms with van der Waals surface area (Å²) in [5, 5.41) is 6.68. The SMILES string of the molecule is CCNC(=NCC1(c2ccc(OC)cc2)CCCCC1)NC(C)CCS(C)(=O)=O.I. The van der Waals surface area contributed by atoms with Crippen LogP contribution in [-0.4, -0.2) is 52.6 Å². The molecule has 8 heteroatoms. The highest BCUT2D eigenvalue weighted by atomic mass is 127. The lowest BCUT2D eigenvalue weighted by atomic mass is 9.69. The fourth-order valence-electron chi connectivity index (χ4n) is 3.96. The van der Waals surface area contributed by atoms with E-state index in [9.17, 15) is 8.42 Å². The van der Waals surface area contributed by atoms with Gasteiger partial charge in [0.1, 0.15) is 15.6 Å². The molecule has 1 aromatic rings. The van der Waals surface area contributed by atoms with Crippen LogP contribution in [0.15, 0.2) is 29.3 Å². The number of halogens is 1. The maximum atomic E-state index is 11.4. The van der Waals surface area contributed by atoms with Gasteiger partial charge in [0.2, 0.25) is 0 Å². The van der Waals surface area contributed by atoms with Crippen LogP contribution >= 0.6 is 24.0 Å². The van der Waals surface area contributed by atoms with E-state index in [0.717, 1.165) is 31.1 Å². The van der Waals surface area contributed by atoms with Crippen molar-refractivity contribution in [1.82, 2.24) is 10.6 Å². The summed E-state index contributed by atoms with van der Waals surface area (Å²) in [7, 11) is -1.27. The molecular weight excluding hydrogens is 513 g/mol. The zero-order chi connectivity index (χ0) is 21.3. The lowest BCUT2D eigenvalue weighted by Crippen LogP contribution is -2.44. The monoisotopic (exact) mass is 551 g/mol. The maximum absolute atomic E-state index is 11.4. The van der Waals surface area contributed by atoms with Crippen LogP contribution in [0.2, 0.25) is 0 Å². The number of hydrogen-bond donors (Lipinski definition) is 2. The Balaban J connectivity index is 0.00000450. The Morgan fingerprint density at radius 3 is 2.37 bits per heavy atom. The van der Waals surface area contributed by atoms with Crippen LogP contribution in [0.25, 0.3) is 0 Å². The molecule has 0 bridgehead atoms. The summed E-state index contributed by atoms with van der Waals surface area (Å²) in [6, 6.07) is 8.45. The van der Waals surface area contributed by atoms with Gasteiger partial charge in [-0.05, 0) is 50.8 Å². The molecule has 2 rings (SSSR count). The number of rotatable bonds is 9. The highest BCUT2D eigenvalue weighted by molar-refractivity contribution is 14.0. The van der Waals surface area contributed by atoms with Crippen LogP contribution in [0.4, 0.5) is 0 Å². The minimum Gasteiger partial charge on any atom is -0.497 e. The molecule has 172 valence electrons. The molecule has 0 heterocycles. The van der Waals surface area contributed by atoms with Crippen LogP contribution in [0.5, 0.6) is 5.75 Å². The van der Waals surface area contributed by atoms with Gasteiger partial charge in [0.15, 0.2) is 5.96 Å². The zero-order valence-electron chi connectivity index (χ0n) is 18.7. The molecule has 30 heavy (non-hydrogen) atoms. The van der Waals surface area contributed by atoms with Gasteiger partial charge >= 0.3 is 0 Å². The summed E-state index contributed by atoms with van der Waals surface area (Å²) in [4.78, 5) is 4.93. The van der Waals surface area contributed by atoms with Crippen LogP contribution in [-0.2, 0) is 15.3 Å². The lowest BCUT2D eigenvalue weighted by Gasteiger charge is -2.37. The first-order chi connectivity index (χ1) is 13.8. The molecule has 1 unspecified atom stereocenters. The maximum Gasteiger partial charge on any atom is 0.191 e. The van der Waals surface area contributed by atoms with Crippen molar-refractivity contribution in [3.8, 4) is 5.75 Å². The van der Waals surface area contributed by atoms with E-state index < -0.39 is 9.84 Å². The van der Waals surface area contributed by atoms with Crippen molar-refractivity contribution in [2.24, 2.45) is 4.99 Å². The number of nitrogens with one attached hydrogen (secondary N) is 2. The molecule has 0 aromatic heterocycles. The minimum atomic E-state index is -2.96. The van der Waals surface area contributed by atoms with E-state index in [1.54, 1.807) is 7.11 Å². The first-order valence-electron chi connectivity index (χ1n) is 10.6. The molecule has 1 aliphatic carbocycles. The second-order valence-electron chi connectivity index (χ2n) is 8.23. The van der Waals surface area contributed by atoms with Crippen molar-refractivity contribution >= 4 is 39.8 Å².